The quantitative estimate of drug-likeness (QED) is 0.854. The smallest absolute Gasteiger partial charge is 0.120 e. The number of nitrogens with one attached hydrogen (secondary N) is 1. The molecule has 0 saturated heterocycles. The molecule has 0 bridgehead atoms. The van der Waals surface area contributed by atoms with E-state index in [9.17, 15) is 0 Å². The molecule has 0 aromatic carbocycles. The van der Waals surface area contributed by atoms with Crippen LogP contribution in [0.4, 0.5) is 0 Å². The Bertz CT molecular complexity index is 358. The highest BCUT2D eigenvalue weighted by Crippen LogP contribution is 2.31. The molecule has 0 spiro atoms. The largest absolute Gasteiger partial charge is 0.465 e. The third-order valence-electron chi connectivity index (χ3n) is 4.36. The fraction of sp³-hybridized carbons (Fsp3) is 0.733. The summed E-state index contributed by atoms with van der Waals surface area (Å²) in [4.78, 5) is 0. The van der Waals surface area contributed by atoms with Gasteiger partial charge < -0.3 is 9.73 Å². The zero-order chi connectivity index (χ0) is 12.4. The Labute approximate surface area is 105 Å². The molecule has 1 fully saturated rings. The summed E-state index contributed by atoms with van der Waals surface area (Å²) in [6.07, 6.45) is 4.04. The van der Waals surface area contributed by atoms with E-state index in [1.165, 1.54) is 19.3 Å². The van der Waals surface area contributed by atoms with Gasteiger partial charge in [-0.15, -0.1) is 0 Å². The fourth-order valence-electron chi connectivity index (χ4n) is 2.91. The average Bonchev–Trinajstić information content (AvgIpc) is 2.72. The maximum atomic E-state index is 5.69. The number of furan rings is 1. The lowest BCUT2D eigenvalue weighted by Crippen LogP contribution is -2.41. The number of hydrogen-bond donors (Lipinski definition) is 1. The molecule has 1 aliphatic rings. The zero-order valence-corrected chi connectivity index (χ0v) is 11.5. The Morgan fingerprint density at radius 3 is 2.71 bits per heavy atom. The first kappa shape index (κ1) is 12.7. The van der Waals surface area contributed by atoms with Gasteiger partial charge in [0.2, 0.25) is 0 Å². The van der Waals surface area contributed by atoms with Crippen molar-refractivity contribution in [1.29, 1.82) is 0 Å². The van der Waals surface area contributed by atoms with Crippen molar-refractivity contribution in [3.63, 3.8) is 0 Å². The van der Waals surface area contributed by atoms with Crippen LogP contribution in [0, 0.1) is 18.8 Å². The van der Waals surface area contributed by atoms with E-state index in [0.29, 0.717) is 12.1 Å². The molecule has 4 unspecified atom stereocenters. The Kier molecular flexibility index (Phi) is 3.93. The minimum atomic E-state index is 0.321. The molecule has 0 aliphatic heterocycles. The van der Waals surface area contributed by atoms with Crippen molar-refractivity contribution in [1.82, 2.24) is 5.32 Å². The Morgan fingerprint density at radius 2 is 2.06 bits per heavy atom. The van der Waals surface area contributed by atoms with Crippen LogP contribution in [0.1, 0.15) is 57.6 Å². The second kappa shape index (κ2) is 5.26. The standard InChI is InChI=1S/C15H25NO/c1-10-6-5-7-14(12(10)3)16-13(4)15-9-8-11(2)17-15/h8-10,12-14,16H,5-7H2,1-4H3. The molecule has 2 nitrogen and oxygen atoms in total. The predicted molar refractivity (Wildman–Crippen MR) is 71.0 cm³/mol. The first-order valence-electron chi connectivity index (χ1n) is 6.90. The molecular weight excluding hydrogens is 210 g/mol. The number of hydrogen-bond acceptors (Lipinski definition) is 2. The second-order valence-corrected chi connectivity index (χ2v) is 5.71. The molecule has 2 heteroatoms. The van der Waals surface area contributed by atoms with Crippen molar-refractivity contribution in [3.8, 4) is 0 Å². The summed E-state index contributed by atoms with van der Waals surface area (Å²) in [6, 6.07) is 5.09. The molecule has 1 saturated carbocycles. The van der Waals surface area contributed by atoms with Gasteiger partial charge in [0.15, 0.2) is 0 Å². The second-order valence-electron chi connectivity index (χ2n) is 5.71. The summed E-state index contributed by atoms with van der Waals surface area (Å²) in [6.45, 7) is 8.95. The van der Waals surface area contributed by atoms with E-state index in [0.717, 1.165) is 23.4 Å². The Balaban J connectivity index is 1.96. The maximum Gasteiger partial charge on any atom is 0.120 e. The average molecular weight is 235 g/mol. The van der Waals surface area contributed by atoms with Crippen LogP contribution in [0.2, 0.25) is 0 Å². The first-order chi connectivity index (χ1) is 8.08. The molecule has 2 rings (SSSR count). The molecule has 1 aromatic heterocycles. The van der Waals surface area contributed by atoms with Crippen LogP contribution in [0.3, 0.4) is 0 Å². The van der Waals surface area contributed by atoms with Crippen LogP contribution in [0.5, 0.6) is 0 Å². The zero-order valence-electron chi connectivity index (χ0n) is 11.5. The van der Waals surface area contributed by atoms with E-state index in [-0.39, 0.29) is 0 Å². The third-order valence-corrected chi connectivity index (χ3v) is 4.36. The molecule has 1 aliphatic carbocycles. The molecule has 1 heterocycles. The van der Waals surface area contributed by atoms with Gasteiger partial charge in [-0.2, -0.15) is 0 Å². The molecular formula is C15H25NO. The molecule has 17 heavy (non-hydrogen) atoms. The summed E-state index contributed by atoms with van der Waals surface area (Å²) < 4.78 is 5.69. The lowest BCUT2D eigenvalue weighted by Gasteiger charge is -2.36. The van der Waals surface area contributed by atoms with Crippen LogP contribution < -0.4 is 5.32 Å². The molecule has 0 amide bonds. The van der Waals surface area contributed by atoms with Crippen LogP contribution in [-0.2, 0) is 0 Å². The fourth-order valence-corrected chi connectivity index (χ4v) is 2.91. The van der Waals surface area contributed by atoms with E-state index in [1.807, 2.05) is 13.0 Å². The first-order valence-corrected chi connectivity index (χ1v) is 6.90. The molecule has 4 atom stereocenters. The molecule has 1 N–H and O–H groups in total. The number of rotatable bonds is 3. The van der Waals surface area contributed by atoms with Crippen molar-refractivity contribution < 1.29 is 4.42 Å². The van der Waals surface area contributed by atoms with Gasteiger partial charge in [-0.25, -0.2) is 0 Å². The Morgan fingerprint density at radius 1 is 1.29 bits per heavy atom. The monoisotopic (exact) mass is 235 g/mol. The van der Waals surface area contributed by atoms with Gasteiger partial charge in [0.05, 0.1) is 6.04 Å². The molecule has 1 aromatic rings. The lowest BCUT2D eigenvalue weighted by atomic mass is 9.78. The van der Waals surface area contributed by atoms with Crippen molar-refractivity contribution in [2.45, 2.75) is 59.0 Å². The van der Waals surface area contributed by atoms with E-state index in [1.54, 1.807) is 0 Å². The summed E-state index contributed by atoms with van der Waals surface area (Å²) >= 11 is 0. The maximum absolute atomic E-state index is 5.69. The van der Waals surface area contributed by atoms with Crippen LogP contribution in [0.15, 0.2) is 16.5 Å². The van der Waals surface area contributed by atoms with Gasteiger partial charge in [-0.1, -0.05) is 26.7 Å². The van der Waals surface area contributed by atoms with Crippen molar-refractivity contribution in [3.05, 3.63) is 23.7 Å². The van der Waals surface area contributed by atoms with Crippen LogP contribution >= 0.6 is 0 Å². The summed E-state index contributed by atoms with van der Waals surface area (Å²) in [5.41, 5.74) is 0. The molecule has 0 radical (unpaired) electrons. The van der Waals surface area contributed by atoms with Gasteiger partial charge in [0, 0.05) is 6.04 Å². The van der Waals surface area contributed by atoms with Crippen LogP contribution in [-0.4, -0.2) is 6.04 Å². The van der Waals surface area contributed by atoms with Crippen molar-refractivity contribution in [2.75, 3.05) is 0 Å². The van der Waals surface area contributed by atoms with Gasteiger partial charge in [-0.3, -0.25) is 0 Å². The molecule has 96 valence electrons. The van der Waals surface area contributed by atoms with Gasteiger partial charge in [-0.05, 0) is 44.2 Å². The van der Waals surface area contributed by atoms with E-state index < -0.39 is 0 Å². The van der Waals surface area contributed by atoms with Crippen molar-refractivity contribution in [2.24, 2.45) is 11.8 Å². The minimum Gasteiger partial charge on any atom is -0.465 e. The van der Waals surface area contributed by atoms with E-state index >= 15 is 0 Å². The lowest BCUT2D eigenvalue weighted by molar-refractivity contribution is 0.191. The highest BCUT2D eigenvalue weighted by atomic mass is 16.3. The van der Waals surface area contributed by atoms with Gasteiger partial charge in [0.25, 0.3) is 0 Å². The van der Waals surface area contributed by atoms with Crippen LogP contribution in [0.25, 0.3) is 0 Å². The summed E-state index contributed by atoms with van der Waals surface area (Å²) in [7, 11) is 0. The van der Waals surface area contributed by atoms with E-state index in [4.69, 9.17) is 4.42 Å². The Hall–Kier alpha value is -0.760. The predicted octanol–water partition coefficient (Wildman–Crippen LogP) is 4.06. The van der Waals surface area contributed by atoms with Crippen molar-refractivity contribution >= 4 is 0 Å². The highest BCUT2D eigenvalue weighted by Gasteiger charge is 2.28. The van der Waals surface area contributed by atoms with Gasteiger partial charge in [0.1, 0.15) is 11.5 Å². The topological polar surface area (TPSA) is 25.2 Å². The number of aryl methyl sites for hydroxylation is 1. The minimum absolute atomic E-state index is 0.321. The highest BCUT2D eigenvalue weighted by molar-refractivity contribution is 5.09. The summed E-state index contributed by atoms with van der Waals surface area (Å²) in [5, 5.41) is 3.73. The SMILES string of the molecule is Cc1ccc(C(C)NC2CCCC(C)C2C)o1. The normalized spacial score (nSPS) is 31.4. The van der Waals surface area contributed by atoms with E-state index in [2.05, 4.69) is 32.2 Å². The summed E-state index contributed by atoms with van der Waals surface area (Å²) in [5.74, 6) is 3.67. The van der Waals surface area contributed by atoms with Gasteiger partial charge >= 0.3 is 0 Å². The third kappa shape index (κ3) is 2.92.